The highest BCUT2D eigenvalue weighted by atomic mass is 16.7. The van der Waals surface area contributed by atoms with Crippen LogP contribution in [0.4, 0.5) is 0 Å². The second kappa shape index (κ2) is 4.86. The van der Waals surface area contributed by atoms with Gasteiger partial charge in [0.1, 0.15) is 0 Å². The van der Waals surface area contributed by atoms with Gasteiger partial charge in [-0.2, -0.15) is 11.1 Å². The Bertz CT molecular complexity index is 394. The smallest absolute Gasteiger partial charge is 0.231 e. The number of hydrogen-bond donors (Lipinski definition) is 5. The second-order valence-electron chi connectivity index (χ2n) is 3.87. The molecule has 7 heteroatoms. The van der Waals surface area contributed by atoms with Crippen LogP contribution >= 0.6 is 0 Å². The molecule has 17 heavy (non-hydrogen) atoms. The summed E-state index contributed by atoms with van der Waals surface area (Å²) >= 11 is 0. The van der Waals surface area contributed by atoms with E-state index in [2.05, 4.69) is 27.2 Å². The normalized spacial score (nSPS) is 18.8. The molecule has 0 amide bonds. The first-order chi connectivity index (χ1) is 8.43. The van der Waals surface area contributed by atoms with Crippen LogP contribution in [0.15, 0.2) is 18.2 Å². The lowest BCUT2D eigenvalue weighted by Crippen LogP contribution is -2.42. The van der Waals surface area contributed by atoms with Gasteiger partial charge in [-0.3, -0.25) is 0 Å². The molecule has 1 aromatic carbocycles. The van der Waals surface area contributed by atoms with E-state index >= 15 is 0 Å². The van der Waals surface area contributed by atoms with Crippen LogP contribution in [-0.2, 0) is 6.54 Å². The topological polar surface area (TPSA) is 78.6 Å². The van der Waals surface area contributed by atoms with Crippen LogP contribution in [0.2, 0.25) is 0 Å². The van der Waals surface area contributed by atoms with Crippen LogP contribution in [0, 0.1) is 0 Å². The maximum absolute atomic E-state index is 5.43. The Hall–Kier alpha value is -1.38. The van der Waals surface area contributed by atoms with Crippen LogP contribution in [0.5, 0.6) is 11.5 Å². The van der Waals surface area contributed by atoms with Crippen LogP contribution in [-0.4, -0.2) is 19.5 Å². The quantitative estimate of drug-likeness (QED) is 0.457. The molecule has 92 valence electrons. The van der Waals surface area contributed by atoms with Crippen molar-refractivity contribution in [2.75, 3.05) is 13.3 Å². The van der Waals surface area contributed by atoms with Gasteiger partial charge in [0.25, 0.3) is 0 Å². The first-order valence-corrected chi connectivity index (χ1v) is 5.53. The summed E-state index contributed by atoms with van der Waals surface area (Å²) in [5, 5.41) is 3.33. The number of ether oxygens (including phenoxy) is 2. The van der Waals surface area contributed by atoms with Crippen molar-refractivity contribution < 1.29 is 9.47 Å². The van der Waals surface area contributed by atoms with Crippen molar-refractivity contribution in [1.29, 1.82) is 0 Å². The van der Waals surface area contributed by atoms with E-state index in [9.17, 15) is 0 Å². The van der Waals surface area contributed by atoms with E-state index in [1.165, 1.54) is 0 Å². The maximum atomic E-state index is 5.43. The zero-order chi connectivity index (χ0) is 11.5. The van der Waals surface area contributed by atoms with Gasteiger partial charge in [0.05, 0.1) is 6.17 Å². The predicted molar refractivity (Wildman–Crippen MR) is 60.6 cm³/mol. The van der Waals surface area contributed by atoms with Gasteiger partial charge in [0.2, 0.25) is 6.79 Å². The molecule has 1 aromatic rings. The van der Waals surface area contributed by atoms with Gasteiger partial charge in [0.15, 0.2) is 11.5 Å². The Morgan fingerprint density at radius 1 is 1.24 bits per heavy atom. The molecule has 0 bridgehead atoms. The third kappa shape index (κ3) is 2.33. The van der Waals surface area contributed by atoms with Crippen molar-refractivity contribution >= 4 is 0 Å². The minimum atomic E-state index is 0.156. The lowest BCUT2D eigenvalue weighted by Gasteiger charge is -2.11. The van der Waals surface area contributed by atoms with Crippen molar-refractivity contribution in [2.45, 2.75) is 12.7 Å². The molecule has 0 saturated carbocycles. The lowest BCUT2D eigenvalue weighted by atomic mass is 10.2. The average Bonchev–Trinajstić information content (AvgIpc) is 2.99. The summed E-state index contributed by atoms with van der Waals surface area (Å²) in [6.45, 7) is 1.84. The van der Waals surface area contributed by atoms with Crippen molar-refractivity contribution in [2.24, 2.45) is 0 Å². The summed E-state index contributed by atoms with van der Waals surface area (Å²) in [6.07, 6.45) is 0.156. The zero-order valence-corrected chi connectivity index (χ0v) is 9.25. The van der Waals surface area contributed by atoms with E-state index in [4.69, 9.17) is 9.47 Å². The van der Waals surface area contributed by atoms with Gasteiger partial charge in [-0.05, 0) is 6.07 Å². The number of hydrogen-bond acceptors (Lipinski definition) is 7. The number of para-hydroxylation sites is 1. The Labute approximate surface area is 98.8 Å². The SMILES string of the molecule is c1cc(CNCC2NNNN2)c2c(c1)OCO2. The molecule has 0 spiro atoms. The molecule has 1 saturated heterocycles. The molecular weight excluding hydrogens is 222 g/mol. The van der Waals surface area contributed by atoms with Gasteiger partial charge in [0, 0.05) is 18.7 Å². The Balaban J connectivity index is 1.56. The second-order valence-corrected chi connectivity index (χ2v) is 3.87. The largest absolute Gasteiger partial charge is 0.454 e. The van der Waals surface area contributed by atoms with Crippen molar-refractivity contribution in [1.82, 2.24) is 27.2 Å². The molecule has 5 N–H and O–H groups in total. The molecule has 2 aliphatic heterocycles. The van der Waals surface area contributed by atoms with E-state index in [-0.39, 0.29) is 6.17 Å². The monoisotopic (exact) mass is 237 g/mol. The van der Waals surface area contributed by atoms with Crippen LogP contribution in [0.1, 0.15) is 5.56 Å². The fraction of sp³-hybridized carbons (Fsp3) is 0.400. The third-order valence-corrected chi connectivity index (χ3v) is 2.70. The maximum Gasteiger partial charge on any atom is 0.231 e. The van der Waals surface area contributed by atoms with Gasteiger partial charge in [-0.15, -0.1) is 0 Å². The van der Waals surface area contributed by atoms with Crippen LogP contribution in [0.3, 0.4) is 0 Å². The van der Waals surface area contributed by atoms with E-state index in [0.29, 0.717) is 6.79 Å². The van der Waals surface area contributed by atoms with Crippen molar-refractivity contribution in [3.63, 3.8) is 0 Å². The minimum absolute atomic E-state index is 0.156. The number of hydrazine groups is 3. The highest BCUT2D eigenvalue weighted by Gasteiger charge is 2.17. The lowest BCUT2D eigenvalue weighted by molar-refractivity contribution is 0.173. The summed E-state index contributed by atoms with van der Waals surface area (Å²) in [5.74, 6) is 1.67. The van der Waals surface area contributed by atoms with Gasteiger partial charge < -0.3 is 14.8 Å². The van der Waals surface area contributed by atoms with E-state index in [0.717, 1.165) is 30.2 Å². The molecule has 0 aromatic heterocycles. The zero-order valence-electron chi connectivity index (χ0n) is 9.25. The summed E-state index contributed by atoms with van der Waals surface area (Å²) < 4.78 is 10.8. The van der Waals surface area contributed by atoms with Gasteiger partial charge >= 0.3 is 0 Å². The molecule has 7 nitrogen and oxygen atoms in total. The molecular formula is C10H15N5O2. The highest BCUT2D eigenvalue weighted by Crippen LogP contribution is 2.35. The number of rotatable bonds is 4. The van der Waals surface area contributed by atoms with E-state index in [1.807, 2.05) is 18.2 Å². The van der Waals surface area contributed by atoms with Crippen LogP contribution in [0.25, 0.3) is 0 Å². The van der Waals surface area contributed by atoms with Gasteiger partial charge in [-0.1, -0.05) is 12.1 Å². The molecule has 0 aliphatic carbocycles. The fourth-order valence-electron chi connectivity index (χ4n) is 1.87. The highest BCUT2D eigenvalue weighted by molar-refractivity contribution is 5.48. The third-order valence-electron chi connectivity index (χ3n) is 2.70. The molecule has 3 rings (SSSR count). The predicted octanol–water partition coefficient (Wildman–Crippen LogP) is -1.05. The first-order valence-electron chi connectivity index (χ1n) is 5.53. The standard InChI is InChI=1S/C10H15N5O2/c1-2-7(10-8(3-1)16-6-17-10)4-11-5-9-12-14-15-13-9/h1-3,9,11-15H,4-6H2. The van der Waals surface area contributed by atoms with E-state index in [1.54, 1.807) is 0 Å². The Morgan fingerprint density at radius 3 is 3.00 bits per heavy atom. The summed E-state index contributed by atoms with van der Waals surface area (Å²) in [4.78, 5) is 0. The average molecular weight is 237 g/mol. The fourth-order valence-corrected chi connectivity index (χ4v) is 1.87. The Morgan fingerprint density at radius 2 is 2.12 bits per heavy atom. The number of benzene rings is 1. The number of nitrogens with one attached hydrogen (secondary N) is 5. The molecule has 2 heterocycles. The van der Waals surface area contributed by atoms with Crippen molar-refractivity contribution in [3.05, 3.63) is 23.8 Å². The van der Waals surface area contributed by atoms with Crippen molar-refractivity contribution in [3.8, 4) is 11.5 Å². The summed E-state index contributed by atoms with van der Waals surface area (Å²) in [7, 11) is 0. The van der Waals surface area contributed by atoms with E-state index < -0.39 is 0 Å². The Kier molecular flexibility index (Phi) is 3.08. The molecule has 0 atom stereocenters. The molecule has 0 unspecified atom stereocenters. The minimum Gasteiger partial charge on any atom is -0.454 e. The summed E-state index contributed by atoms with van der Waals surface area (Å²) in [6, 6.07) is 5.92. The molecule has 0 radical (unpaired) electrons. The summed E-state index contributed by atoms with van der Waals surface area (Å²) in [5.41, 5.74) is 12.7. The van der Waals surface area contributed by atoms with Crippen LogP contribution < -0.4 is 36.7 Å². The molecule has 1 fully saturated rings. The number of fused-ring (bicyclic) bond motifs is 1. The molecule has 2 aliphatic rings. The first kappa shape index (κ1) is 10.8. The van der Waals surface area contributed by atoms with Gasteiger partial charge in [-0.25, -0.2) is 10.9 Å².